The highest BCUT2D eigenvalue weighted by molar-refractivity contribution is 6.30. The van der Waals surface area contributed by atoms with Crippen molar-refractivity contribution in [1.82, 2.24) is 4.90 Å². The van der Waals surface area contributed by atoms with Crippen molar-refractivity contribution in [2.24, 2.45) is 0 Å². The molecule has 1 amide bonds. The highest BCUT2D eigenvalue weighted by Gasteiger charge is 2.19. The number of unbranched alkanes of at least 4 members (excludes halogenated alkanes) is 1. The molecule has 1 unspecified atom stereocenters. The molecule has 1 aromatic carbocycles. The number of halogens is 2. The Labute approximate surface area is 142 Å². The largest absolute Gasteiger partial charge is 0.444 e. The quantitative estimate of drug-likeness (QED) is 0.769. The Morgan fingerprint density at radius 2 is 2.04 bits per heavy atom. The minimum atomic E-state index is -0.902. The second-order valence-corrected chi connectivity index (χ2v) is 6.96. The third-order valence-electron chi connectivity index (χ3n) is 3.27. The summed E-state index contributed by atoms with van der Waals surface area (Å²) in [4.78, 5) is 13.3. The number of benzene rings is 1. The lowest BCUT2D eigenvalue weighted by Crippen LogP contribution is -2.34. The molecule has 0 aliphatic rings. The number of aliphatic hydroxyl groups excluding tert-OH is 1. The van der Waals surface area contributed by atoms with Gasteiger partial charge in [-0.1, -0.05) is 23.7 Å². The van der Waals surface area contributed by atoms with Crippen molar-refractivity contribution in [3.8, 4) is 0 Å². The SMILES string of the molecule is CN(CCCCC(O)c1cccc(Cl)c1F)C(=O)OC(C)(C)C. The molecule has 130 valence electrons. The Morgan fingerprint density at radius 1 is 1.39 bits per heavy atom. The molecular formula is C17H25ClFNO3. The van der Waals surface area contributed by atoms with Crippen LogP contribution >= 0.6 is 11.6 Å². The van der Waals surface area contributed by atoms with Crippen LogP contribution in [-0.4, -0.2) is 35.3 Å². The second-order valence-electron chi connectivity index (χ2n) is 6.56. The number of rotatable bonds is 6. The highest BCUT2D eigenvalue weighted by atomic mass is 35.5. The summed E-state index contributed by atoms with van der Waals surface area (Å²) in [5.41, 5.74) is -0.316. The number of ether oxygens (including phenoxy) is 1. The lowest BCUT2D eigenvalue weighted by atomic mass is 10.0. The highest BCUT2D eigenvalue weighted by Crippen LogP contribution is 2.26. The topological polar surface area (TPSA) is 49.8 Å². The summed E-state index contributed by atoms with van der Waals surface area (Å²) in [7, 11) is 1.67. The summed E-state index contributed by atoms with van der Waals surface area (Å²) < 4.78 is 19.0. The standard InChI is InChI=1S/C17H25ClFNO3/c1-17(2,3)23-16(22)20(4)11-6-5-10-14(21)12-8-7-9-13(18)15(12)19/h7-9,14,21H,5-6,10-11H2,1-4H3. The zero-order chi connectivity index (χ0) is 17.6. The molecule has 0 aliphatic carbocycles. The van der Waals surface area contributed by atoms with Gasteiger partial charge in [-0.3, -0.25) is 0 Å². The summed E-state index contributed by atoms with van der Waals surface area (Å²) in [6, 6.07) is 4.59. The maximum Gasteiger partial charge on any atom is 0.410 e. The first-order valence-electron chi connectivity index (χ1n) is 7.68. The van der Waals surface area contributed by atoms with Crippen molar-refractivity contribution < 1.29 is 19.0 Å². The molecule has 0 saturated heterocycles. The van der Waals surface area contributed by atoms with Crippen LogP contribution in [0.1, 0.15) is 51.7 Å². The number of hydrogen-bond acceptors (Lipinski definition) is 3. The van der Waals surface area contributed by atoms with Gasteiger partial charge in [-0.15, -0.1) is 0 Å². The number of carbonyl (C=O) groups excluding carboxylic acids is 1. The Kier molecular flexibility index (Phi) is 7.29. The maximum absolute atomic E-state index is 13.8. The Morgan fingerprint density at radius 3 is 2.65 bits per heavy atom. The van der Waals surface area contributed by atoms with Crippen molar-refractivity contribution in [2.45, 2.75) is 51.7 Å². The van der Waals surface area contributed by atoms with E-state index in [-0.39, 0.29) is 16.7 Å². The fourth-order valence-corrected chi connectivity index (χ4v) is 2.23. The third-order valence-corrected chi connectivity index (χ3v) is 3.56. The van der Waals surface area contributed by atoms with Gasteiger partial charge in [0.05, 0.1) is 11.1 Å². The van der Waals surface area contributed by atoms with Crippen LogP contribution in [0.5, 0.6) is 0 Å². The van der Waals surface area contributed by atoms with Crippen LogP contribution in [0.2, 0.25) is 5.02 Å². The van der Waals surface area contributed by atoms with E-state index in [0.717, 1.165) is 0 Å². The molecule has 0 aromatic heterocycles. The lowest BCUT2D eigenvalue weighted by Gasteiger charge is -2.24. The predicted octanol–water partition coefficient (Wildman–Crippen LogP) is 4.55. The van der Waals surface area contributed by atoms with Crippen LogP contribution in [0.4, 0.5) is 9.18 Å². The van der Waals surface area contributed by atoms with Crippen LogP contribution in [0.25, 0.3) is 0 Å². The third kappa shape index (κ3) is 6.75. The van der Waals surface area contributed by atoms with E-state index in [1.54, 1.807) is 13.1 Å². The van der Waals surface area contributed by atoms with Gasteiger partial charge >= 0.3 is 6.09 Å². The van der Waals surface area contributed by atoms with Crippen molar-refractivity contribution in [3.63, 3.8) is 0 Å². The number of aliphatic hydroxyl groups is 1. The van der Waals surface area contributed by atoms with Gasteiger partial charge in [-0.05, 0) is 46.1 Å². The normalized spacial score (nSPS) is 12.8. The molecule has 6 heteroatoms. The van der Waals surface area contributed by atoms with Crippen LogP contribution in [0, 0.1) is 5.82 Å². The summed E-state index contributed by atoms with van der Waals surface area (Å²) in [6.45, 7) is 5.96. The maximum atomic E-state index is 13.8. The van der Waals surface area contributed by atoms with E-state index in [0.29, 0.717) is 25.8 Å². The van der Waals surface area contributed by atoms with E-state index >= 15 is 0 Å². The molecule has 0 saturated carbocycles. The summed E-state index contributed by atoms with van der Waals surface area (Å²) in [6.07, 6.45) is 0.466. The summed E-state index contributed by atoms with van der Waals surface area (Å²) in [5.74, 6) is -0.576. The molecule has 1 N–H and O–H groups in total. The van der Waals surface area contributed by atoms with E-state index < -0.39 is 17.5 Å². The van der Waals surface area contributed by atoms with Gasteiger partial charge in [0.1, 0.15) is 11.4 Å². The molecule has 23 heavy (non-hydrogen) atoms. The number of hydrogen-bond donors (Lipinski definition) is 1. The molecule has 0 heterocycles. The first-order valence-corrected chi connectivity index (χ1v) is 8.05. The average molecular weight is 346 g/mol. The van der Waals surface area contributed by atoms with E-state index in [2.05, 4.69) is 0 Å². The molecular weight excluding hydrogens is 321 g/mol. The molecule has 1 aromatic rings. The Hall–Kier alpha value is -1.33. The van der Waals surface area contributed by atoms with E-state index in [1.165, 1.54) is 17.0 Å². The number of carbonyl (C=O) groups is 1. The van der Waals surface area contributed by atoms with Crippen LogP contribution in [0.3, 0.4) is 0 Å². The molecule has 0 fully saturated rings. The van der Waals surface area contributed by atoms with Gasteiger partial charge in [-0.2, -0.15) is 0 Å². The van der Waals surface area contributed by atoms with Gasteiger partial charge in [0.25, 0.3) is 0 Å². The number of amides is 1. The molecule has 1 atom stereocenters. The van der Waals surface area contributed by atoms with E-state index in [1.807, 2.05) is 20.8 Å². The first kappa shape index (κ1) is 19.7. The fourth-order valence-electron chi connectivity index (χ4n) is 2.05. The van der Waals surface area contributed by atoms with Crippen LogP contribution in [0.15, 0.2) is 18.2 Å². The Bertz CT molecular complexity index is 531. The zero-order valence-corrected chi connectivity index (χ0v) is 14.9. The zero-order valence-electron chi connectivity index (χ0n) is 14.1. The molecule has 1 rings (SSSR count). The van der Waals surface area contributed by atoms with Crippen molar-refractivity contribution in [2.75, 3.05) is 13.6 Å². The van der Waals surface area contributed by atoms with Gasteiger partial charge in [-0.25, -0.2) is 9.18 Å². The van der Waals surface area contributed by atoms with Gasteiger partial charge in [0.15, 0.2) is 0 Å². The average Bonchev–Trinajstić information content (AvgIpc) is 2.44. The lowest BCUT2D eigenvalue weighted by molar-refractivity contribution is 0.0295. The molecule has 4 nitrogen and oxygen atoms in total. The van der Waals surface area contributed by atoms with Crippen LogP contribution in [-0.2, 0) is 4.74 Å². The summed E-state index contributed by atoms with van der Waals surface area (Å²) in [5, 5.41) is 10.1. The second kappa shape index (κ2) is 8.50. The van der Waals surface area contributed by atoms with Crippen LogP contribution < -0.4 is 0 Å². The summed E-state index contributed by atoms with van der Waals surface area (Å²) >= 11 is 5.70. The molecule has 0 radical (unpaired) electrons. The van der Waals surface area contributed by atoms with Gasteiger partial charge in [0, 0.05) is 19.2 Å². The van der Waals surface area contributed by atoms with Crippen molar-refractivity contribution >= 4 is 17.7 Å². The van der Waals surface area contributed by atoms with Crippen molar-refractivity contribution in [3.05, 3.63) is 34.6 Å². The molecule has 0 spiro atoms. The minimum Gasteiger partial charge on any atom is -0.444 e. The van der Waals surface area contributed by atoms with E-state index in [9.17, 15) is 14.3 Å². The Balaban J connectivity index is 2.37. The van der Waals surface area contributed by atoms with Crippen molar-refractivity contribution in [1.29, 1.82) is 0 Å². The molecule has 0 bridgehead atoms. The fraction of sp³-hybridized carbons (Fsp3) is 0.588. The van der Waals surface area contributed by atoms with E-state index in [4.69, 9.17) is 16.3 Å². The monoisotopic (exact) mass is 345 g/mol. The first-order chi connectivity index (χ1) is 10.6. The number of nitrogens with zero attached hydrogens (tertiary/aromatic N) is 1. The van der Waals surface area contributed by atoms with Gasteiger partial charge in [0.2, 0.25) is 0 Å². The smallest absolute Gasteiger partial charge is 0.410 e. The predicted molar refractivity (Wildman–Crippen MR) is 89.1 cm³/mol. The minimum absolute atomic E-state index is 0.00575. The molecule has 0 aliphatic heterocycles. The van der Waals surface area contributed by atoms with Gasteiger partial charge < -0.3 is 14.7 Å².